The van der Waals surface area contributed by atoms with Crippen molar-refractivity contribution in [3.8, 4) is 0 Å². The smallest absolute Gasteiger partial charge is 0.373 e. The molecule has 0 bridgehead atoms. The van der Waals surface area contributed by atoms with Crippen LogP contribution in [0.4, 0.5) is 0 Å². The molecule has 18 heavy (non-hydrogen) atoms. The molecule has 0 aromatic carbocycles. The van der Waals surface area contributed by atoms with E-state index in [1.165, 1.54) is 25.5 Å². The molecule has 0 radical (unpaired) electrons. The Morgan fingerprint density at radius 1 is 1.22 bits per heavy atom. The van der Waals surface area contributed by atoms with Crippen molar-refractivity contribution >= 4 is 11.8 Å². The minimum absolute atomic E-state index is 0.00222. The van der Waals surface area contributed by atoms with Crippen LogP contribution >= 0.6 is 0 Å². The fourth-order valence-electron chi connectivity index (χ4n) is 1.62. The van der Waals surface area contributed by atoms with Gasteiger partial charge in [-0.15, -0.1) is 0 Å². The molecule has 0 aliphatic heterocycles. The molecule has 2 aromatic heterocycles. The van der Waals surface area contributed by atoms with E-state index in [0.717, 1.165) is 0 Å². The molecule has 0 N–H and O–H groups in total. The van der Waals surface area contributed by atoms with E-state index in [1.54, 1.807) is 6.07 Å². The van der Waals surface area contributed by atoms with E-state index < -0.39 is 5.97 Å². The Labute approximate surface area is 103 Å². The number of ketones is 1. The van der Waals surface area contributed by atoms with Crippen LogP contribution in [0.15, 0.2) is 33.3 Å². The highest BCUT2D eigenvalue weighted by atomic mass is 16.5. The first-order chi connectivity index (χ1) is 8.67. The SMILES string of the molecule is CCc1occc1C(=O)c1ccc(C(=O)OC)o1. The molecule has 2 rings (SSSR count). The number of esters is 1. The number of ether oxygens (including phenoxy) is 1. The van der Waals surface area contributed by atoms with E-state index in [-0.39, 0.29) is 17.3 Å². The van der Waals surface area contributed by atoms with E-state index in [0.29, 0.717) is 17.7 Å². The van der Waals surface area contributed by atoms with Crippen LogP contribution in [0.1, 0.15) is 39.4 Å². The summed E-state index contributed by atoms with van der Waals surface area (Å²) in [7, 11) is 1.25. The van der Waals surface area contributed by atoms with Gasteiger partial charge in [-0.1, -0.05) is 6.92 Å². The molecule has 2 heterocycles. The Morgan fingerprint density at radius 2 is 1.94 bits per heavy atom. The lowest BCUT2D eigenvalue weighted by molar-refractivity contribution is 0.0563. The third-order valence-electron chi connectivity index (χ3n) is 2.53. The molecular formula is C13H12O5. The number of carbonyl (C=O) groups excluding carboxylic acids is 2. The summed E-state index contributed by atoms with van der Waals surface area (Å²) in [4.78, 5) is 23.3. The molecular weight excluding hydrogens is 236 g/mol. The number of rotatable bonds is 4. The molecule has 94 valence electrons. The van der Waals surface area contributed by atoms with Crippen molar-refractivity contribution < 1.29 is 23.2 Å². The zero-order chi connectivity index (χ0) is 13.1. The molecule has 2 aromatic rings. The summed E-state index contributed by atoms with van der Waals surface area (Å²) in [5.41, 5.74) is 0.447. The molecule has 0 fully saturated rings. The van der Waals surface area contributed by atoms with Gasteiger partial charge < -0.3 is 13.6 Å². The summed E-state index contributed by atoms with van der Waals surface area (Å²) in [6.45, 7) is 1.89. The van der Waals surface area contributed by atoms with Crippen LogP contribution in [-0.2, 0) is 11.2 Å². The molecule has 0 atom stereocenters. The van der Waals surface area contributed by atoms with Crippen molar-refractivity contribution in [1.29, 1.82) is 0 Å². The van der Waals surface area contributed by atoms with Crippen LogP contribution in [0, 0.1) is 0 Å². The van der Waals surface area contributed by atoms with Crippen molar-refractivity contribution in [2.75, 3.05) is 7.11 Å². The molecule has 0 saturated carbocycles. The highest BCUT2D eigenvalue weighted by Crippen LogP contribution is 2.18. The van der Waals surface area contributed by atoms with Gasteiger partial charge in [-0.05, 0) is 18.2 Å². The quantitative estimate of drug-likeness (QED) is 0.614. The minimum Gasteiger partial charge on any atom is -0.469 e. The topological polar surface area (TPSA) is 69.7 Å². The number of carbonyl (C=O) groups is 2. The summed E-state index contributed by atoms with van der Waals surface area (Å²) in [5.74, 6) is -0.238. The lowest BCUT2D eigenvalue weighted by Gasteiger charge is -1.97. The van der Waals surface area contributed by atoms with E-state index >= 15 is 0 Å². The van der Waals surface area contributed by atoms with Crippen LogP contribution in [0.5, 0.6) is 0 Å². The lowest BCUT2D eigenvalue weighted by atomic mass is 10.1. The third-order valence-corrected chi connectivity index (χ3v) is 2.53. The molecule has 0 saturated heterocycles. The highest BCUT2D eigenvalue weighted by Gasteiger charge is 2.20. The summed E-state index contributed by atoms with van der Waals surface area (Å²) < 4.78 is 14.8. The second kappa shape index (κ2) is 4.91. The first-order valence-corrected chi connectivity index (χ1v) is 5.46. The first kappa shape index (κ1) is 12.2. The maximum absolute atomic E-state index is 12.1. The van der Waals surface area contributed by atoms with Crippen LogP contribution in [-0.4, -0.2) is 18.9 Å². The van der Waals surface area contributed by atoms with Gasteiger partial charge in [0.15, 0.2) is 5.76 Å². The number of hydrogen-bond acceptors (Lipinski definition) is 5. The average molecular weight is 248 g/mol. The van der Waals surface area contributed by atoms with Crippen molar-refractivity contribution in [3.05, 3.63) is 47.3 Å². The Balaban J connectivity index is 2.29. The van der Waals surface area contributed by atoms with Gasteiger partial charge in [0, 0.05) is 6.42 Å². The minimum atomic E-state index is -0.614. The first-order valence-electron chi connectivity index (χ1n) is 5.46. The zero-order valence-electron chi connectivity index (χ0n) is 10.1. The number of methoxy groups -OCH3 is 1. The van der Waals surface area contributed by atoms with Gasteiger partial charge >= 0.3 is 5.97 Å². The van der Waals surface area contributed by atoms with Gasteiger partial charge in [0.05, 0.1) is 18.9 Å². The van der Waals surface area contributed by atoms with Crippen molar-refractivity contribution in [1.82, 2.24) is 0 Å². The van der Waals surface area contributed by atoms with Crippen LogP contribution in [0.2, 0.25) is 0 Å². The van der Waals surface area contributed by atoms with Crippen molar-refractivity contribution in [2.45, 2.75) is 13.3 Å². The Kier molecular flexibility index (Phi) is 3.32. The zero-order valence-corrected chi connectivity index (χ0v) is 10.1. The second-order valence-corrected chi connectivity index (χ2v) is 3.60. The van der Waals surface area contributed by atoms with Crippen molar-refractivity contribution in [2.24, 2.45) is 0 Å². The highest BCUT2D eigenvalue weighted by molar-refractivity contribution is 6.08. The number of hydrogen-bond donors (Lipinski definition) is 0. The second-order valence-electron chi connectivity index (χ2n) is 3.60. The molecule has 5 heteroatoms. The normalized spacial score (nSPS) is 10.3. The predicted octanol–water partition coefficient (Wildman–Crippen LogP) is 2.45. The van der Waals surface area contributed by atoms with E-state index in [4.69, 9.17) is 8.83 Å². The van der Waals surface area contributed by atoms with Crippen LogP contribution < -0.4 is 0 Å². The standard InChI is InChI=1S/C13H12O5/c1-3-9-8(6-7-17-9)12(14)10-4-5-11(18-10)13(15)16-2/h4-7H,3H2,1-2H3. The monoisotopic (exact) mass is 248 g/mol. The van der Waals surface area contributed by atoms with Gasteiger partial charge in [-0.25, -0.2) is 4.79 Å². The van der Waals surface area contributed by atoms with Crippen LogP contribution in [0.25, 0.3) is 0 Å². The van der Waals surface area contributed by atoms with E-state index in [2.05, 4.69) is 4.74 Å². The fourth-order valence-corrected chi connectivity index (χ4v) is 1.62. The largest absolute Gasteiger partial charge is 0.469 e. The summed E-state index contributed by atoms with van der Waals surface area (Å²) in [5, 5.41) is 0. The van der Waals surface area contributed by atoms with Crippen molar-refractivity contribution in [3.63, 3.8) is 0 Å². The van der Waals surface area contributed by atoms with Gasteiger partial charge in [0.1, 0.15) is 5.76 Å². The Morgan fingerprint density at radius 3 is 2.61 bits per heavy atom. The number of furan rings is 2. The molecule has 0 aliphatic rings. The molecule has 5 nitrogen and oxygen atoms in total. The maximum atomic E-state index is 12.1. The summed E-state index contributed by atoms with van der Waals surface area (Å²) >= 11 is 0. The van der Waals surface area contributed by atoms with Gasteiger partial charge in [-0.3, -0.25) is 4.79 Å². The van der Waals surface area contributed by atoms with E-state index in [9.17, 15) is 9.59 Å². The number of aryl methyl sites for hydroxylation is 1. The van der Waals surface area contributed by atoms with E-state index in [1.807, 2.05) is 6.92 Å². The molecule has 0 unspecified atom stereocenters. The molecule has 0 amide bonds. The van der Waals surface area contributed by atoms with Gasteiger partial charge in [-0.2, -0.15) is 0 Å². The Bertz CT molecular complexity index is 576. The maximum Gasteiger partial charge on any atom is 0.373 e. The molecule has 0 spiro atoms. The van der Waals surface area contributed by atoms with Gasteiger partial charge in [0.25, 0.3) is 0 Å². The third kappa shape index (κ3) is 2.07. The van der Waals surface area contributed by atoms with Gasteiger partial charge in [0.2, 0.25) is 11.5 Å². The average Bonchev–Trinajstić information content (AvgIpc) is 3.05. The molecule has 0 aliphatic carbocycles. The Hall–Kier alpha value is -2.30. The van der Waals surface area contributed by atoms with Crippen LogP contribution in [0.3, 0.4) is 0 Å². The lowest BCUT2D eigenvalue weighted by Crippen LogP contribution is -2.02. The predicted molar refractivity (Wildman–Crippen MR) is 61.6 cm³/mol. The summed E-state index contributed by atoms with van der Waals surface area (Å²) in [6, 6.07) is 4.44. The summed E-state index contributed by atoms with van der Waals surface area (Å²) in [6.07, 6.45) is 2.06. The fraction of sp³-hybridized carbons (Fsp3) is 0.231.